The molecule has 0 saturated carbocycles. The van der Waals surface area contributed by atoms with Crippen molar-refractivity contribution in [3.05, 3.63) is 23.3 Å². The van der Waals surface area contributed by atoms with Crippen LogP contribution in [-0.4, -0.2) is 40.3 Å². The van der Waals surface area contributed by atoms with E-state index in [4.69, 9.17) is 4.74 Å². The molecule has 0 radical (unpaired) electrons. The summed E-state index contributed by atoms with van der Waals surface area (Å²) in [7, 11) is 0. The molecule has 1 rings (SSSR count). The van der Waals surface area contributed by atoms with Gasteiger partial charge in [-0.2, -0.15) is 0 Å². The molecule has 2 N–H and O–H groups in total. The van der Waals surface area contributed by atoms with Crippen molar-refractivity contribution in [2.45, 2.75) is 98.9 Å². The molecule has 5 heteroatoms. The lowest BCUT2D eigenvalue weighted by Crippen LogP contribution is -2.45. The van der Waals surface area contributed by atoms with Crippen molar-refractivity contribution < 1.29 is 24.5 Å². The number of carbonyl (C=O) groups is 2. The lowest BCUT2D eigenvalue weighted by atomic mass is 9.73. The van der Waals surface area contributed by atoms with Crippen molar-refractivity contribution in [1.29, 1.82) is 0 Å². The number of Topliss-reactive ketones (excluding diaryl/α,β-unsaturated/α-hetero) is 1. The molecule has 0 aromatic rings. The summed E-state index contributed by atoms with van der Waals surface area (Å²) in [6.45, 7) is 12.8. The number of cyclic esters (lactones) is 1. The van der Waals surface area contributed by atoms with Crippen LogP contribution in [0.3, 0.4) is 0 Å². The third-order valence-electron chi connectivity index (χ3n) is 6.48. The van der Waals surface area contributed by atoms with Crippen LogP contribution in [0.4, 0.5) is 0 Å². The van der Waals surface area contributed by atoms with Crippen LogP contribution >= 0.6 is 0 Å². The summed E-state index contributed by atoms with van der Waals surface area (Å²) in [5.41, 5.74) is 1.02. The topological polar surface area (TPSA) is 83.8 Å². The van der Waals surface area contributed by atoms with Crippen LogP contribution < -0.4 is 0 Å². The zero-order valence-electron chi connectivity index (χ0n) is 19.2. The monoisotopic (exact) mass is 408 g/mol. The Hall–Kier alpha value is -1.46. The Morgan fingerprint density at radius 3 is 2.45 bits per heavy atom. The number of rotatable bonds is 1. The molecule has 0 saturated heterocycles. The smallest absolute Gasteiger partial charge is 0.309 e. The summed E-state index contributed by atoms with van der Waals surface area (Å²) in [4.78, 5) is 25.5. The van der Waals surface area contributed by atoms with E-state index in [9.17, 15) is 19.8 Å². The van der Waals surface area contributed by atoms with Gasteiger partial charge in [0, 0.05) is 12.3 Å². The summed E-state index contributed by atoms with van der Waals surface area (Å²) >= 11 is 0. The fourth-order valence-electron chi connectivity index (χ4n) is 3.82. The van der Waals surface area contributed by atoms with Crippen molar-refractivity contribution in [2.24, 2.45) is 17.3 Å². The fraction of sp³-hybridized carbons (Fsp3) is 0.750. The molecule has 0 bridgehead atoms. The van der Waals surface area contributed by atoms with Crippen molar-refractivity contribution in [2.75, 3.05) is 0 Å². The van der Waals surface area contributed by atoms with E-state index in [0.717, 1.165) is 24.8 Å². The largest absolute Gasteiger partial charge is 0.457 e. The third-order valence-corrected chi connectivity index (χ3v) is 6.48. The highest BCUT2D eigenvalue weighted by molar-refractivity contribution is 5.88. The summed E-state index contributed by atoms with van der Waals surface area (Å²) in [5, 5.41) is 21.3. The molecule has 1 heterocycles. The Labute approximate surface area is 176 Å². The number of aliphatic hydroxyl groups is 2. The van der Waals surface area contributed by atoms with E-state index in [1.54, 1.807) is 20.8 Å². The molecule has 166 valence electrons. The Morgan fingerprint density at radius 2 is 1.86 bits per heavy atom. The van der Waals surface area contributed by atoms with Gasteiger partial charge in [0.05, 0.1) is 24.0 Å². The number of ether oxygens (including phenoxy) is 1. The first-order valence-electron chi connectivity index (χ1n) is 10.8. The quantitative estimate of drug-likeness (QED) is 0.497. The summed E-state index contributed by atoms with van der Waals surface area (Å²) in [6.07, 6.45) is 4.66. The van der Waals surface area contributed by atoms with E-state index >= 15 is 0 Å². The molecule has 29 heavy (non-hydrogen) atoms. The van der Waals surface area contributed by atoms with Crippen molar-refractivity contribution in [1.82, 2.24) is 0 Å². The number of allylic oxidation sites excluding steroid dienone is 2. The fourth-order valence-corrected chi connectivity index (χ4v) is 3.82. The van der Waals surface area contributed by atoms with E-state index in [0.29, 0.717) is 6.42 Å². The lowest BCUT2D eigenvalue weighted by Gasteiger charge is -2.34. The van der Waals surface area contributed by atoms with Gasteiger partial charge < -0.3 is 14.9 Å². The van der Waals surface area contributed by atoms with Crippen LogP contribution in [-0.2, 0) is 14.3 Å². The molecular weight excluding hydrogens is 368 g/mol. The van der Waals surface area contributed by atoms with Gasteiger partial charge in [0.2, 0.25) is 0 Å². The maximum atomic E-state index is 13.0. The van der Waals surface area contributed by atoms with Crippen LogP contribution in [0.5, 0.6) is 0 Å². The third kappa shape index (κ3) is 7.07. The number of hydrogen-bond acceptors (Lipinski definition) is 5. The first-order chi connectivity index (χ1) is 13.4. The highest BCUT2D eigenvalue weighted by Crippen LogP contribution is 2.32. The molecule has 0 aromatic carbocycles. The maximum Gasteiger partial charge on any atom is 0.309 e. The molecule has 0 aromatic heterocycles. The van der Waals surface area contributed by atoms with Gasteiger partial charge >= 0.3 is 5.97 Å². The summed E-state index contributed by atoms with van der Waals surface area (Å²) in [6, 6.07) is 0. The van der Waals surface area contributed by atoms with Crippen molar-refractivity contribution in [3.8, 4) is 0 Å². The minimum absolute atomic E-state index is 0.0226. The van der Waals surface area contributed by atoms with Crippen molar-refractivity contribution >= 4 is 11.8 Å². The van der Waals surface area contributed by atoms with Gasteiger partial charge in [-0.15, -0.1) is 0 Å². The van der Waals surface area contributed by atoms with Crippen molar-refractivity contribution in [3.63, 3.8) is 0 Å². The van der Waals surface area contributed by atoms with Gasteiger partial charge in [0.15, 0.2) is 0 Å². The molecule has 1 aliphatic rings. The van der Waals surface area contributed by atoms with E-state index in [1.807, 2.05) is 26.8 Å². The van der Waals surface area contributed by atoms with Gasteiger partial charge in [-0.3, -0.25) is 9.59 Å². The molecule has 0 fully saturated rings. The van der Waals surface area contributed by atoms with E-state index in [-0.39, 0.29) is 24.2 Å². The first-order valence-corrected chi connectivity index (χ1v) is 10.8. The summed E-state index contributed by atoms with van der Waals surface area (Å²) in [5.74, 6) is -1.40. The molecule has 0 unspecified atom stereocenters. The van der Waals surface area contributed by atoms with Gasteiger partial charge in [0.25, 0.3) is 0 Å². The van der Waals surface area contributed by atoms with Crippen LogP contribution in [0.2, 0.25) is 0 Å². The number of hydrogen-bond donors (Lipinski definition) is 2. The van der Waals surface area contributed by atoms with Crippen LogP contribution in [0.1, 0.15) is 80.6 Å². The molecular formula is C24H40O5. The first kappa shape index (κ1) is 25.6. The second-order valence-electron chi connectivity index (χ2n) is 9.25. The normalized spacial score (nSPS) is 35.6. The average Bonchev–Trinajstić information content (AvgIpc) is 2.67. The number of carbonyl (C=O) groups excluding carboxylic acids is 2. The van der Waals surface area contributed by atoms with Gasteiger partial charge in [-0.25, -0.2) is 0 Å². The lowest BCUT2D eigenvalue weighted by molar-refractivity contribution is -0.154. The number of aliphatic hydroxyl groups excluding tert-OH is 2. The minimum atomic E-state index is -1.18. The minimum Gasteiger partial charge on any atom is -0.457 e. The average molecular weight is 409 g/mol. The maximum absolute atomic E-state index is 13.0. The SMILES string of the molecule is C/C=C(\C)[C@@H]1C/C=C(/C)CCC[C@H](C)[C@H](O)[C@@H](C)C(=O)C(C)(C)[C@@H](O)CC(=O)O1. The summed E-state index contributed by atoms with van der Waals surface area (Å²) < 4.78 is 5.64. The van der Waals surface area contributed by atoms with Crippen LogP contribution in [0.25, 0.3) is 0 Å². The molecule has 0 aliphatic carbocycles. The van der Waals surface area contributed by atoms with Gasteiger partial charge in [-0.1, -0.05) is 45.4 Å². The van der Waals surface area contributed by atoms with Crippen LogP contribution in [0.15, 0.2) is 23.3 Å². The standard InChI is InChI=1S/C24H40O5/c1-8-16(3)19-13-12-15(2)10-9-11-17(4)22(27)18(5)23(28)24(6,7)20(25)14-21(26)29-19/h8,12,17-20,22,25,27H,9-11,13-14H2,1-7H3/b15-12-,16-8+/t17-,18+,19-,20-,22-/m0/s1. The highest BCUT2D eigenvalue weighted by Gasteiger charge is 2.42. The zero-order chi connectivity index (χ0) is 22.4. The zero-order valence-corrected chi connectivity index (χ0v) is 19.2. The van der Waals surface area contributed by atoms with Gasteiger partial charge in [0.1, 0.15) is 11.9 Å². The Bertz CT molecular complexity index is 631. The molecule has 0 amide bonds. The Balaban J connectivity index is 3.17. The van der Waals surface area contributed by atoms with E-state index in [2.05, 4.69) is 13.0 Å². The highest BCUT2D eigenvalue weighted by atomic mass is 16.5. The second-order valence-corrected chi connectivity index (χ2v) is 9.25. The van der Waals surface area contributed by atoms with E-state index in [1.165, 1.54) is 5.57 Å². The van der Waals surface area contributed by atoms with E-state index < -0.39 is 29.5 Å². The predicted octanol–water partition coefficient (Wildman–Crippen LogP) is 4.36. The number of esters is 1. The second kappa shape index (κ2) is 11.1. The van der Waals surface area contributed by atoms with Crippen LogP contribution in [0, 0.1) is 17.3 Å². The number of ketones is 1. The molecule has 0 spiro atoms. The van der Waals surface area contributed by atoms with Gasteiger partial charge in [-0.05, 0) is 51.5 Å². The predicted molar refractivity (Wildman–Crippen MR) is 115 cm³/mol. The Kier molecular flexibility index (Phi) is 9.77. The molecule has 5 nitrogen and oxygen atoms in total. The molecule has 5 atom stereocenters. The Morgan fingerprint density at radius 1 is 1.24 bits per heavy atom. The molecule has 1 aliphatic heterocycles.